The van der Waals surface area contributed by atoms with Crippen LogP contribution in [0.15, 0.2) is 65.6 Å². The van der Waals surface area contributed by atoms with Crippen molar-refractivity contribution in [1.82, 2.24) is 9.78 Å². The average Bonchev–Trinajstić information content (AvgIpc) is 2.48. The van der Waals surface area contributed by atoms with Gasteiger partial charge in [0.05, 0.1) is 11.9 Å². The number of para-hydroxylation sites is 1. The van der Waals surface area contributed by atoms with Crippen molar-refractivity contribution < 1.29 is 5.11 Å². The lowest BCUT2D eigenvalue weighted by molar-refractivity contribution is 0.477. The highest BCUT2D eigenvalue weighted by atomic mass is 35.5. The van der Waals surface area contributed by atoms with Crippen molar-refractivity contribution in [3.8, 4) is 22.6 Å². The molecule has 0 spiro atoms. The Bertz CT molecular complexity index is 844. The van der Waals surface area contributed by atoms with E-state index in [1.165, 1.54) is 23.0 Å². The molecule has 1 N–H and O–H groups in total. The molecule has 0 aliphatic rings. The highest BCUT2D eigenvalue weighted by Gasteiger charge is 2.08. The summed E-state index contributed by atoms with van der Waals surface area (Å²) >= 11 is 5.80. The average molecular weight is 299 g/mol. The summed E-state index contributed by atoms with van der Waals surface area (Å²) in [5, 5.41) is 14.5. The molecule has 104 valence electrons. The molecule has 0 bridgehead atoms. The third-order valence-corrected chi connectivity index (χ3v) is 3.31. The molecule has 1 aromatic heterocycles. The van der Waals surface area contributed by atoms with Crippen LogP contribution in [0.1, 0.15) is 0 Å². The molecule has 0 aliphatic heterocycles. The van der Waals surface area contributed by atoms with Gasteiger partial charge < -0.3 is 5.11 Å². The largest absolute Gasteiger partial charge is 0.507 e. The van der Waals surface area contributed by atoms with Crippen molar-refractivity contribution in [2.24, 2.45) is 0 Å². The maximum atomic E-state index is 12.2. The van der Waals surface area contributed by atoms with Gasteiger partial charge in [0.1, 0.15) is 5.75 Å². The van der Waals surface area contributed by atoms with E-state index in [1.54, 1.807) is 24.3 Å². The molecule has 4 nitrogen and oxygen atoms in total. The molecular weight excluding hydrogens is 288 g/mol. The molecule has 0 saturated heterocycles. The van der Waals surface area contributed by atoms with Gasteiger partial charge in [-0.05, 0) is 30.3 Å². The molecule has 2 aromatic carbocycles. The Morgan fingerprint density at radius 2 is 1.81 bits per heavy atom. The number of phenols is 1. The van der Waals surface area contributed by atoms with Gasteiger partial charge in [0.25, 0.3) is 5.56 Å². The fourth-order valence-corrected chi connectivity index (χ4v) is 2.23. The van der Waals surface area contributed by atoms with Crippen molar-refractivity contribution in [2.45, 2.75) is 0 Å². The normalized spacial score (nSPS) is 10.5. The summed E-state index contributed by atoms with van der Waals surface area (Å²) in [4.78, 5) is 12.2. The summed E-state index contributed by atoms with van der Waals surface area (Å²) in [5.74, 6) is 0.0150. The summed E-state index contributed by atoms with van der Waals surface area (Å²) < 4.78 is 1.30. The lowest BCUT2D eigenvalue weighted by Crippen LogP contribution is -2.19. The third-order valence-electron chi connectivity index (χ3n) is 3.07. The molecule has 0 fully saturated rings. The molecule has 3 rings (SSSR count). The zero-order valence-electron chi connectivity index (χ0n) is 10.9. The van der Waals surface area contributed by atoms with Gasteiger partial charge in [0.15, 0.2) is 0 Å². The second kappa shape index (κ2) is 5.42. The SMILES string of the molecule is O=c1cc(-c2ccc(Cl)cc2O)cnn1-c1ccccc1. The van der Waals surface area contributed by atoms with Crippen molar-refractivity contribution in [1.29, 1.82) is 0 Å². The van der Waals surface area contributed by atoms with Gasteiger partial charge in [-0.1, -0.05) is 29.8 Å². The molecule has 0 amide bonds. The minimum atomic E-state index is -0.270. The van der Waals surface area contributed by atoms with Crippen LogP contribution >= 0.6 is 11.6 Å². The molecule has 1 heterocycles. The zero-order chi connectivity index (χ0) is 14.8. The van der Waals surface area contributed by atoms with Crippen LogP contribution in [-0.4, -0.2) is 14.9 Å². The first-order valence-corrected chi connectivity index (χ1v) is 6.66. The second-order valence-electron chi connectivity index (χ2n) is 4.49. The van der Waals surface area contributed by atoms with Crippen molar-refractivity contribution in [3.05, 3.63) is 76.2 Å². The van der Waals surface area contributed by atoms with Crippen LogP contribution in [0.4, 0.5) is 0 Å². The Hall–Kier alpha value is -2.59. The Morgan fingerprint density at radius 3 is 2.48 bits per heavy atom. The van der Waals surface area contributed by atoms with Gasteiger partial charge in [-0.25, -0.2) is 0 Å². The molecular formula is C16H11ClN2O2. The van der Waals surface area contributed by atoms with E-state index in [2.05, 4.69) is 5.10 Å². The van der Waals surface area contributed by atoms with E-state index in [1.807, 2.05) is 18.2 Å². The quantitative estimate of drug-likeness (QED) is 0.790. The van der Waals surface area contributed by atoms with Crippen molar-refractivity contribution in [2.75, 3.05) is 0 Å². The fraction of sp³-hybridized carbons (Fsp3) is 0. The second-order valence-corrected chi connectivity index (χ2v) is 4.93. The Labute approximate surface area is 125 Å². The Balaban J connectivity index is 2.08. The summed E-state index contributed by atoms with van der Waals surface area (Å²) in [6.07, 6.45) is 1.54. The van der Waals surface area contributed by atoms with Gasteiger partial charge in [0, 0.05) is 22.2 Å². The number of hydrogen-bond donors (Lipinski definition) is 1. The summed E-state index contributed by atoms with van der Waals surface area (Å²) in [6, 6.07) is 15.3. The predicted octanol–water partition coefficient (Wildman–Crippen LogP) is 3.26. The number of benzene rings is 2. The maximum absolute atomic E-state index is 12.2. The first kappa shape index (κ1) is 13.4. The summed E-state index contributed by atoms with van der Waals surface area (Å²) in [6.45, 7) is 0. The van der Waals surface area contributed by atoms with Crippen LogP contribution < -0.4 is 5.56 Å². The monoisotopic (exact) mass is 298 g/mol. The van der Waals surface area contributed by atoms with E-state index in [9.17, 15) is 9.90 Å². The minimum Gasteiger partial charge on any atom is -0.507 e. The molecule has 0 unspecified atom stereocenters. The molecule has 0 atom stereocenters. The number of aromatic nitrogens is 2. The summed E-state index contributed by atoms with van der Waals surface area (Å²) in [7, 11) is 0. The third kappa shape index (κ3) is 2.66. The highest BCUT2D eigenvalue weighted by molar-refractivity contribution is 6.30. The molecule has 5 heteroatoms. The van der Waals surface area contributed by atoms with Crippen molar-refractivity contribution in [3.63, 3.8) is 0 Å². The van der Waals surface area contributed by atoms with E-state index in [0.717, 1.165) is 0 Å². The van der Waals surface area contributed by atoms with Crippen LogP contribution in [0, 0.1) is 0 Å². The lowest BCUT2D eigenvalue weighted by atomic mass is 10.1. The van der Waals surface area contributed by atoms with E-state index < -0.39 is 0 Å². The molecule has 21 heavy (non-hydrogen) atoms. The Morgan fingerprint density at radius 1 is 1.05 bits per heavy atom. The number of halogens is 1. The maximum Gasteiger partial charge on any atom is 0.272 e. The van der Waals surface area contributed by atoms with E-state index >= 15 is 0 Å². The fourth-order valence-electron chi connectivity index (χ4n) is 2.07. The first-order chi connectivity index (χ1) is 10.1. The number of hydrogen-bond acceptors (Lipinski definition) is 3. The number of nitrogens with zero attached hydrogens (tertiary/aromatic N) is 2. The molecule has 0 aliphatic carbocycles. The van der Waals surface area contributed by atoms with Crippen molar-refractivity contribution >= 4 is 11.6 Å². The molecule has 0 saturated carbocycles. The van der Waals surface area contributed by atoms with Gasteiger partial charge in [-0.2, -0.15) is 9.78 Å². The number of rotatable bonds is 2. The molecule has 0 radical (unpaired) electrons. The van der Waals surface area contributed by atoms with Crippen LogP contribution in [0.2, 0.25) is 5.02 Å². The first-order valence-electron chi connectivity index (χ1n) is 6.29. The van der Waals surface area contributed by atoms with Gasteiger partial charge >= 0.3 is 0 Å². The predicted molar refractivity (Wildman–Crippen MR) is 81.9 cm³/mol. The van der Waals surface area contributed by atoms with Crippen LogP contribution in [0.25, 0.3) is 16.8 Å². The van der Waals surface area contributed by atoms with Gasteiger partial charge in [-0.15, -0.1) is 0 Å². The Kier molecular flexibility index (Phi) is 3.46. The summed E-state index contributed by atoms with van der Waals surface area (Å²) in [5.41, 5.74) is 1.48. The highest BCUT2D eigenvalue weighted by Crippen LogP contribution is 2.30. The lowest BCUT2D eigenvalue weighted by Gasteiger charge is -2.07. The number of aromatic hydroxyl groups is 1. The zero-order valence-corrected chi connectivity index (χ0v) is 11.7. The van der Waals surface area contributed by atoms with Gasteiger partial charge in [0.2, 0.25) is 0 Å². The van der Waals surface area contributed by atoms with E-state index in [0.29, 0.717) is 21.8 Å². The minimum absolute atomic E-state index is 0.0150. The van der Waals surface area contributed by atoms with Crippen LogP contribution in [0.5, 0.6) is 5.75 Å². The standard InChI is InChI=1S/C16H11ClN2O2/c17-12-6-7-14(15(20)9-12)11-8-16(21)19(18-10-11)13-4-2-1-3-5-13/h1-10,20H. The number of phenolic OH excluding ortho intramolecular Hbond substituents is 1. The smallest absolute Gasteiger partial charge is 0.272 e. The van der Waals surface area contributed by atoms with E-state index in [4.69, 9.17) is 11.6 Å². The van der Waals surface area contributed by atoms with E-state index in [-0.39, 0.29) is 11.3 Å². The topological polar surface area (TPSA) is 55.1 Å². The van der Waals surface area contributed by atoms with Crippen LogP contribution in [-0.2, 0) is 0 Å². The molecule has 3 aromatic rings. The van der Waals surface area contributed by atoms with Crippen LogP contribution in [0.3, 0.4) is 0 Å². The van der Waals surface area contributed by atoms with Gasteiger partial charge in [-0.3, -0.25) is 4.79 Å².